The van der Waals surface area contributed by atoms with Gasteiger partial charge in [-0.05, 0) is 74.1 Å². The number of anilines is 1. The van der Waals surface area contributed by atoms with Crippen LogP contribution in [0.1, 0.15) is 65.0 Å². The highest BCUT2D eigenvalue weighted by Crippen LogP contribution is 2.57. The largest absolute Gasteiger partial charge is 0.459 e. The molecule has 2 aromatic carbocycles. The SMILES string of the molecule is CC(C)(C)C[C@@H]1N[C@@H](C(=O)OC(C)(C)C)[C@@H](c2cc(F)cc(Cl)c2)C12C(=O)Nc1cc(Cl)ccc12. The first-order valence-electron chi connectivity index (χ1n) is 11.7. The van der Waals surface area contributed by atoms with Crippen LogP contribution in [0.15, 0.2) is 36.4 Å². The number of benzene rings is 2. The molecule has 188 valence electrons. The first-order valence-corrected chi connectivity index (χ1v) is 12.4. The standard InChI is InChI=1S/C27H31Cl2FN2O3/c1-25(2,3)13-20-27(18-8-7-15(28)12-19(18)31-24(27)34)21(14-9-16(29)11-17(30)10-14)22(32-20)23(33)35-26(4,5)6/h7-12,20-22,32H,13H2,1-6H3,(H,31,34)/t20-,21+,22+,27?/m0/s1. The van der Waals surface area contributed by atoms with Crippen molar-refractivity contribution in [2.75, 3.05) is 5.32 Å². The van der Waals surface area contributed by atoms with Gasteiger partial charge in [0.1, 0.15) is 22.9 Å². The summed E-state index contributed by atoms with van der Waals surface area (Å²) >= 11 is 12.5. The lowest BCUT2D eigenvalue weighted by molar-refractivity contribution is -0.157. The number of halogens is 3. The Morgan fingerprint density at radius 1 is 1.06 bits per heavy atom. The lowest BCUT2D eigenvalue weighted by Crippen LogP contribution is -2.49. The molecule has 8 heteroatoms. The van der Waals surface area contributed by atoms with Crippen LogP contribution < -0.4 is 10.6 Å². The van der Waals surface area contributed by atoms with Crippen molar-refractivity contribution in [3.05, 3.63) is 63.4 Å². The molecule has 1 saturated heterocycles. The minimum absolute atomic E-state index is 0.187. The summed E-state index contributed by atoms with van der Waals surface area (Å²) in [5, 5.41) is 7.09. The van der Waals surface area contributed by atoms with Crippen molar-refractivity contribution in [1.29, 1.82) is 0 Å². The number of esters is 1. The molecule has 35 heavy (non-hydrogen) atoms. The number of carbonyl (C=O) groups excluding carboxylic acids is 2. The van der Waals surface area contributed by atoms with Crippen LogP contribution in [0.25, 0.3) is 0 Å². The van der Waals surface area contributed by atoms with Crippen molar-refractivity contribution >= 4 is 40.8 Å². The molecule has 1 spiro atoms. The molecule has 0 aromatic heterocycles. The third-order valence-electron chi connectivity index (χ3n) is 6.53. The number of fused-ring (bicyclic) bond motifs is 2. The zero-order valence-corrected chi connectivity index (χ0v) is 22.3. The van der Waals surface area contributed by atoms with Crippen molar-refractivity contribution < 1.29 is 18.7 Å². The molecule has 2 heterocycles. The highest BCUT2D eigenvalue weighted by molar-refractivity contribution is 6.31. The summed E-state index contributed by atoms with van der Waals surface area (Å²) in [6.45, 7) is 11.6. The smallest absolute Gasteiger partial charge is 0.324 e. The van der Waals surface area contributed by atoms with E-state index in [0.717, 1.165) is 0 Å². The van der Waals surface area contributed by atoms with E-state index >= 15 is 0 Å². The van der Waals surface area contributed by atoms with Crippen LogP contribution in [0, 0.1) is 11.2 Å². The fraction of sp³-hybridized carbons (Fsp3) is 0.481. The molecular weight excluding hydrogens is 490 g/mol. The average molecular weight is 521 g/mol. The predicted molar refractivity (Wildman–Crippen MR) is 137 cm³/mol. The number of nitrogens with one attached hydrogen (secondary N) is 2. The Balaban J connectivity index is 2.00. The van der Waals surface area contributed by atoms with E-state index in [9.17, 15) is 14.0 Å². The molecule has 0 bridgehead atoms. The van der Waals surface area contributed by atoms with Gasteiger partial charge in [-0.1, -0.05) is 50.0 Å². The van der Waals surface area contributed by atoms with Crippen molar-refractivity contribution in [2.45, 2.75) is 77.0 Å². The number of ether oxygens (including phenoxy) is 1. The second-order valence-corrected chi connectivity index (χ2v) is 12.6. The van der Waals surface area contributed by atoms with Crippen molar-refractivity contribution in [3.8, 4) is 0 Å². The van der Waals surface area contributed by atoms with Crippen LogP contribution in [0.4, 0.5) is 10.1 Å². The Bertz CT molecular complexity index is 1170. The molecule has 0 radical (unpaired) electrons. The molecule has 1 unspecified atom stereocenters. The molecule has 2 aliphatic heterocycles. The van der Waals surface area contributed by atoms with Crippen LogP contribution in [-0.4, -0.2) is 29.6 Å². The van der Waals surface area contributed by atoms with Gasteiger partial charge in [0, 0.05) is 27.7 Å². The molecule has 0 aliphatic carbocycles. The second kappa shape index (κ2) is 8.75. The van der Waals surface area contributed by atoms with Gasteiger partial charge in [0.2, 0.25) is 5.91 Å². The Morgan fingerprint density at radius 3 is 2.34 bits per heavy atom. The molecule has 1 fully saturated rings. The van der Waals surface area contributed by atoms with Crippen LogP contribution in [0.3, 0.4) is 0 Å². The first kappa shape index (κ1) is 25.9. The van der Waals surface area contributed by atoms with Crippen LogP contribution in [0.2, 0.25) is 10.0 Å². The summed E-state index contributed by atoms with van der Waals surface area (Å²) < 4.78 is 20.4. The van der Waals surface area contributed by atoms with E-state index in [-0.39, 0.29) is 16.3 Å². The highest BCUT2D eigenvalue weighted by Gasteiger charge is 2.66. The summed E-state index contributed by atoms with van der Waals surface area (Å²) in [5.41, 5.74) is -0.404. The van der Waals surface area contributed by atoms with Crippen molar-refractivity contribution in [1.82, 2.24) is 5.32 Å². The van der Waals surface area contributed by atoms with Gasteiger partial charge in [0.25, 0.3) is 0 Å². The Kier molecular flexibility index (Phi) is 6.48. The summed E-state index contributed by atoms with van der Waals surface area (Å²) in [5.74, 6) is -2.10. The average Bonchev–Trinajstić information content (AvgIpc) is 3.14. The molecule has 2 N–H and O–H groups in total. The third kappa shape index (κ3) is 4.81. The molecule has 4 atom stereocenters. The highest BCUT2D eigenvalue weighted by atomic mass is 35.5. The van der Waals surface area contributed by atoms with E-state index in [4.69, 9.17) is 27.9 Å². The molecule has 5 nitrogen and oxygen atoms in total. The molecule has 0 saturated carbocycles. The van der Waals surface area contributed by atoms with E-state index in [2.05, 4.69) is 31.4 Å². The van der Waals surface area contributed by atoms with E-state index in [1.54, 1.807) is 39.0 Å². The van der Waals surface area contributed by atoms with Crippen LogP contribution in [0.5, 0.6) is 0 Å². The maximum Gasteiger partial charge on any atom is 0.324 e. The van der Waals surface area contributed by atoms with Gasteiger partial charge in [-0.15, -0.1) is 0 Å². The topological polar surface area (TPSA) is 67.4 Å². The first-order chi connectivity index (χ1) is 16.1. The van der Waals surface area contributed by atoms with Gasteiger partial charge in [0.05, 0.1) is 0 Å². The normalized spacial score (nSPS) is 26.1. The predicted octanol–water partition coefficient (Wildman–Crippen LogP) is 6.22. The number of carbonyl (C=O) groups is 2. The van der Waals surface area contributed by atoms with E-state index in [1.165, 1.54) is 12.1 Å². The minimum atomic E-state index is -1.22. The quantitative estimate of drug-likeness (QED) is 0.471. The second-order valence-electron chi connectivity index (χ2n) is 11.7. The van der Waals surface area contributed by atoms with Crippen molar-refractivity contribution in [3.63, 3.8) is 0 Å². The summed E-state index contributed by atoms with van der Waals surface area (Å²) in [6, 6.07) is 8.06. The lowest BCUT2D eigenvalue weighted by Gasteiger charge is -2.37. The van der Waals surface area contributed by atoms with Gasteiger partial charge >= 0.3 is 5.97 Å². The van der Waals surface area contributed by atoms with E-state index in [0.29, 0.717) is 28.3 Å². The Hall–Kier alpha value is -2.15. The third-order valence-corrected chi connectivity index (χ3v) is 6.98. The fourth-order valence-electron chi connectivity index (χ4n) is 5.52. The van der Waals surface area contributed by atoms with Gasteiger partial charge in [0.15, 0.2) is 0 Å². The molecule has 2 aromatic rings. The fourth-order valence-corrected chi connectivity index (χ4v) is 5.92. The summed E-state index contributed by atoms with van der Waals surface area (Å²) in [7, 11) is 0. The van der Waals surface area contributed by atoms with Crippen LogP contribution >= 0.6 is 23.2 Å². The van der Waals surface area contributed by atoms with Gasteiger partial charge < -0.3 is 10.1 Å². The lowest BCUT2D eigenvalue weighted by atomic mass is 9.62. The maximum atomic E-state index is 14.6. The van der Waals surface area contributed by atoms with Crippen molar-refractivity contribution in [2.24, 2.45) is 5.41 Å². The number of amides is 1. The molecule has 2 aliphatic rings. The number of hydrogen-bond acceptors (Lipinski definition) is 4. The van der Waals surface area contributed by atoms with E-state index in [1.807, 2.05) is 6.07 Å². The van der Waals surface area contributed by atoms with Gasteiger partial charge in [-0.3, -0.25) is 14.9 Å². The zero-order valence-electron chi connectivity index (χ0n) is 20.8. The Morgan fingerprint density at radius 2 is 1.74 bits per heavy atom. The minimum Gasteiger partial charge on any atom is -0.459 e. The number of hydrogen-bond donors (Lipinski definition) is 2. The molecule has 1 amide bonds. The van der Waals surface area contributed by atoms with E-state index < -0.39 is 40.8 Å². The summed E-state index contributed by atoms with van der Waals surface area (Å²) in [4.78, 5) is 27.6. The maximum absolute atomic E-state index is 14.6. The molecule has 4 rings (SSSR count). The van der Waals surface area contributed by atoms with Crippen LogP contribution in [-0.2, 0) is 19.7 Å². The monoisotopic (exact) mass is 520 g/mol. The zero-order chi connectivity index (χ0) is 25.9. The van der Waals surface area contributed by atoms with Gasteiger partial charge in [-0.2, -0.15) is 0 Å². The number of rotatable bonds is 3. The Labute approximate surface area is 215 Å². The summed E-state index contributed by atoms with van der Waals surface area (Å²) in [6.07, 6.45) is 0.571. The van der Waals surface area contributed by atoms with Gasteiger partial charge in [-0.25, -0.2) is 4.39 Å². The molecular formula is C27H31Cl2FN2O3.